The molecule has 2 aliphatic rings. The molecule has 3 nitrogen and oxygen atoms in total. The van der Waals surface area contributed by atoms with Crippen LogP contribution in [-0.2, 0) is 5.41 Å². The van der Waals surface area contributed by atoms with Crippen LogP contribution in [0.4, 0.5) is 0 Å². The van der Waals surface area contributed by atoms with Crippen LogP contribution in [0.1, 0.15) is 48.8 Å². The van der Waals surface area contributed by atoms with Crippen molar-refractivity contribution in [2.24, 2.45) is 0 Å². The van der Waals surface area contributed by atoms with Crippen LogP contribution in [0.15, 0.2) is 137 Å². The molecule has 0 radical (unpaired) electrons. The summed E-state index contributed by atoms with van der Waals surface area (Å²) in [6.45, 7) is 0. The van der Waals surface area contributed by atoms with Gasteiger partial charge in [0.1, 0.15) is 0 Å². The van der Waals surface area contributed by atoms with Crippen LogP contribution in [0, 0.1) is 11.3 Å². The van der Waals surface area contributed by atoms with Crippen molar-refractivity contribution >= 4 is 33.6 Å². The van der Waals surface area contributed by atoms with Gasteiger partial charge < -0.3 is 0 Å². The van der Waals surface area contributed by atoms with E-state index >= 15 is 0 Å². The van der Waals surface area contributed by atoms with Crippen LogP contribution in [0.3, 0.4) is 0 Å². The second-order valence-corrected chi connectivity index (χ2v) is 13.9. The summed E-state index contributed by atoms with van der Waals surface area (Å²) in [4.78, 5) is 13.1. The second-order valence-electron chi connectivity index (χ2n) is 12.8. The van der Waals surface area contributed by atoms with E-state index in [2.05, 4.69) is 103 Å². The molecule has 2 aromatic heterocycles. The average molecular weight is 622 g/mol. The van der Waals surface area contributed by atoms with Gasteiger partial charge in [0, 0.05) is 37.1 Å². The fourth-order valence-electron chi connectivity index (χ4n) is 7.78. The van der Waals surface area contributed by atoms with Crippen LogP contribution in [0.25, 0.3) is 55.4 Å². The molecule has 0 amide bonds. The third kappa shape index (κ3) is 4.73. The Balaban J connectivity index is 1.13. The lowest BCUT2D eigenvalue weighted by Gasteiger charge is -2.43. The van der Waals surface area contributed by atoms with E-state index in [0.29, 0.717) is 5.56 Å². The number of rotatable bonds is 3. The lowest BCUT2D eigenvalue weighted by molar-refractivity contribution is 0.335. The number of hydrogen-bond donors (Lipinski definition) is 0. The molecule has 9 rings (SSSR count). The third-order valence-corrected chi connectivity index (χ3v) is 11.3. The molecular formula is C43H31N3S. The van der Waals surface area contributed by atoms with Crippen molar-refractivity contribution in [3.8, 4) is 39.7 Å². The first-order valence-corrected chi connectivity index (χ1v) is 17.2. The van der Waals surface area contributed by atoms with Gasteiger partial charge in [0.15, 0.2) is 0 Å². The SMILES string of the molecule is N#Cc1cccc(-c2ccc3ccc4ccc(-c5cccc(-c6ccc7c(c6)C6(CCCCC6)c6ccccc6S7)c5)nc4c3n2)c1. The highest BCUT2D eigenvalue weighted by molar-refractivity contribution is 7.99. The van der Waals surface area contributed by atoms with Gasteiger partial charge in [0.25, 0.3) is 0 Å². The van der Waals surface area contributed by atoms with Gasteiger partial charge in [-0.15, -0.1) is 0 Å². The van der Waals surface area contributed by atoms with Crippen molar-refractivity contribution in [3.63, 3.8) is 0 Å². The second kappa shape index (κ2) is 11.2. The van der Waals surface area contributed by atoms with Gasteiger partial charge in [-0.05, 0) is 83.6 Å². The predicted molar refractivity (Wildman–Crippen MR) is 192 cm³/mol. The lowest BCUT2D eigenvalue weighted by Crippen LogP contribution is -2.33. The summed E-state index contributed by atoms with van der Waals surface area (Å²) in [5.74, 6) is 0. The van der Waals surface area contributed by atoms with Gasteiger partial charge >= 0.3 is 0 Å². The highest BCUT2D eigenvalue weighted by Crippen LogP contribution is 2.55. The Hall–Kier alpha value is -5.24. The quantitative estimate of drug-likeness (QED) is 0.184. The van der Waals surface area contributed by atoms with Crippen molar-refractivity contribution in [3.05, 3.63) is 144 Å². The van der Waals surface area contributed by atoms with E-state index in [0.717, 1.165) is 44.3 Å². The minimum absolute atomic E-state index is 0.103. The Morgan fingerprint density at radius 3 is 1.89 bits per heavy atom. The zero-order valence-corrected chi connectivity index (χ0v) is 26.7. The molecule has 1 fully saturated rings. The van der Waals surface area contributed by atoms with E-state index in [9.17, 15) is 5.26 Å². The molecule has 1 aliphatic heterocycles. The summed E-state index contributed by atoms with van der Waals surface area (Å²) in [5.41, 5.74) is 11.7. The van der Waals surface area contributed by atoms with Gasteiger partial charge in [-0.25, -0.2) is 9.97 Å². The minimum Gasteiger partial charge on any atom is -0.245 e. The largest absolute Gasteiger partial charge is 0.245 e. The zero-order chi connectivity index (χ0) is 31.4. The third-order valence-electron chi connectivity index (χ3n) is 10.1. The van der Waals surface area contributed by atoms with Gasteiger partial charge in [0.05, 0.1) is 34.1 Å². The molecule has 1 aliphatic carbocycles. The molecule has 0 atom stereocenters. The van der Waals surface area contributed by atoms with Crippen molar-refractivity contribution in [2.75, 3.05) is 0 Å². The fourth-order valence-corrected chi connectivity index (χ4v) is 9.03. The number of fused-ring (bicyclic) bond motifs is 7. The summed E-state index contributed by atoms with van der Waals surface area (Å²) in [6, 6.07) is 47.5. The highest BCUT2D eigenvalue weighted by atomic mass is 32.2. The number of nitrogens with zero attached hydrogens (tertiary/aromatic N) is 3. The Morgan fingerprint density at radius 2 is 1.15 bits per heavy atom. The maximum Gasteiger partial charge on any atom is 0.0991 e. The summed E-state index contributed by atoms with van der Waals surface area (Å²) in [7, 11) is 0. The summed E-state index contributed by atoms with van der Waals surface area (Å²) >= 11 is 1.93. The molecule has 5 aromatic carbocycles. The molecule has 7 aromatic rings. The van der Waals surface area contributed by atoms with Gasteiger partial charge in [-0.1, -0.05) is 110 Å². The number of pyridine rings is 2. The van der Waals surface area contributed by atoms with Crippen molar-refractivity contribution in [1.29, 1.82) is 5.26 Å². The maximum atomic E-state index is 9.42. The van der Waals surface area contributed by atoms with Crippen LogP contribution in [0.2, 0.25) is 0 Å². The fraction of sp³-hybridized carbons (Fsp3) is 0.140. The molecule has 1 spiro atoms. The van der Waals surface area contributed by atoms with Crippen molar-refractivity contribution < 1.29 is 0 Å². The molecule has 0 unspecified atom stereocenters. The first-order valence-electron chi connectivity index (χ1n) is 16.4. The van der Waals surface area contributed by atoms with E-state index in [1.54, 1.807) is 0 Å². The van der Waals surface area contributed by atoms with E-state index in [1.165, 1.54) is 64.1 Å². The van der Waals surface area contributed by atoms with Crippen LogP contribution >= 0.6 is 11.8 Å². The average Bonchev–Trinajstić information content (AvgIpc) is 3.15. The molecule has 47 heavy (non-hydrogen) atoms. The first kappa shape index (κ1) is 28.0. The Kier molecular flexibility index (Phi) is 6.69. The Labute approximate surface area is 279 Å². The Bertz CT molecular complexity index is 2400. The number of hydrogen-bond acceptors (Lipinski definition) is 4. The van der Waals surface area contributed by atoms with Crippen molar-refractivity contribution in [2.45, 2.75) is 47.3 Å². The van der Waals surface area contributed by atoms with Gasteiger partial charge in [0.2, 0.25) is 0 Å². The van der Waals surface area contributed by atoms with Gasteiger partial charge in [-0.3, -0.25) is 0 Å². The van der Waals surface area contributed by atoms with E-state index in [1.807, 2.05) is 42.1 Å². The van der Waals surface area contributed by atoms with E-state index in [-0.39, 0.29) is 5.41 Å². The molecule has 4 heteroatoms. The van der Waals surface area contributed by atoms with Gasteiger partial charge in [-0.2, -0.15) is 5.26 Å². The summed E-state index contributed by atoms with van der Waals surface area (Å²) < 4.78 is 0. The zero-order valence-electron chi connectivity index (χ0n) is 25.9. The highest BCUT2D eigenvalue weighted by Gasteiger charge is 2.41. The van der Waals surface area contributed by atoms with E-state index < -0.39 is 0 Å². The summed E-state index contributed by atoms with van der Waals surface area (Å²) in [5, 5.41) is 11.5. The molecule has 1 saturated carbocycles. The number of nitriles is 1. The monoisotopic (exact) mass is 621 g/mol. The van der Waals surface area contributed by atoms with Crippen molar-refractivity contribution in [1.82, 2.24) is 9.97 Å². The molecule has 0 saturated heterocycles. The minimum atomic E-state index is 0.103. The number of aromatic nitrogens is 2. The molecule has 0 N–H and O–H groups in total. The topological polar surface area (TPSA) is 49.6 Å². The lowest BCUT2D eigenvalue weighted by atomic mass is 9.64. The summed E-state index contributed by atoms with van der Waals surface area (Å²) in [6.07, 6.45) is 6.32. The Morgan fingerprint density at radius 1 is 0.532 bits per heavy atom. The standard InChI is InChI=1S/C43H31N3S/c44-27-28-8-6-10-33(24-28)37-19-16-29-14-15-30-17-20-38(46-42(30)41(29)45-37)34-11-7-9-31(25-34)32-18-21-40-36(26-32)43(22-4-1-5-23-43)35-12-2-3-13-39(35)47-40/h2-3,6-21,24-26H,1,4-5,22-23H2. The first-order chi connectivity index (χ1) is 23.2. The normalized spacial score (nSPS) is 14.9. The predicted octanol–water partition coefficient (Wildman–Crippen LogP) is 11.4. The number of benzene rings is 5. The molecule has 224 valence electrons. The maximum absolute atomic E-state index is 9.42. The molecule has 0 bridgehead atoms. The molecular weight excluding hydrogens is 591 g/mol. The van der Waals surface area contributed by atoms with Crippen LogP contribution in [0.5, 0.6) is 0 Å². The van der Waals surface area contributed by atoms with E-state index in [4.69, 9.17) is 9.97 Å². The van der Waals surface area contributed by atoms with Crippen LogP contribution in [-0.4, -0.2) is 9.97 Å². The smallest absolute Gasteiger partial charge is 0.0991 e. The van der Waals surface area contributed by atoms with Crippen LogP contribution < -0.4 is 0 Å². The molecule has 3 heterocycles.